The van der Waals surface area contributed by atoms with Crippen molar-refractivity contribution in [3.8, 4) is 0 Å². The molecule has 0 aliphatic carbocycles. The van der Waals surface area contributed by atoms with Crippen molar-refractivity contribution in [2.75, 3.05) is 5.75 Å². The molecule has 0 aromatic carbocycles. The fourth-order valence-electron chi connectivity index (χ4n) is 1.53. The van der Waals surface area contributed by atoms with Crippen molar-refractivity contribution in [2.45, 2.75) is 65.3 Å². The van der Waals surface area contributed by atoms with Gasteiger partial charge in [-0.15, -0.1) is 0 Å². The van der Waals surface area contributed by atoms with Crippen LogP contribution >= 0.6 is 0 Å². The highest BCUT2D eigenvalue weighted by Gasteiger charge is 2.20. The van der Waals surface area contributed by atoms with Crippen molar-refractivity contribution < 1.29 is 8.42 Å². The summed E-state index contributed by atoms with van der Waals surface area (Å²) in [5.41, 5.74) is 0. The highest BCUT2D eigenvalue weighted by Crippen LogP contribution is 2.12. The van der Waals surface area contributed by atoms with E-state index in [1.54, 1.807) is 13.8 Å². The molecule has 98 valence electrons. The molecule has 0 heterocycles. The smallest absolute Gasteiger partial charge is 0.152 e. The molecule has 0 saturated heterocycles. The lowest BCUT2D eigenvalue weighted by Gasteiger charge is -2.23. The second-order valence-corrected chi connectivity index (χ2v) is 7.97. The lowest BCUT2D eigenvalue weighted by molar-refractivity contribution is 0.366. The molecule has 0 amide bonds. The van der Waals surface area contributed by atoms with Crippen molar-refractivity contribution in [1.82, 2.24) is 5.32 Å². The molecule has 4 heteroatoms. The summed E-state index contributed by atoms with van der Waals surface area (Å²) in [6, 6.07) is 0.807. The first-order chi connectivity index (χ1) is 7.16. The zero-order valence-electron chi connectivity index (χ0n) is 11.4. The summed E-state index contributed by atoms with van der Waals surface area (Å²) in [6.45, 7) is 11.9. The van der Waals surface area contributed by atoms with Gasteiger partial charge in [0.05, 0.1) is 11.0 Å². The summed E-state index contributed by atoms with van der Waals surface area (Å²) in [5.74, 6) is 0.687. The van der Waals surface area contributed by atoms with E-state index in [9.17, 15) is 8.42 Å². The molecule has 0 spiro atoms. The van der Waals surface area contributed by atoms with Crippen molar-refractivity contribution in [3.05, 3.63) is 0 Å². The average Bonchev–Trinajstić information content (AvgIpc) is 2.12. The number of sulfone groups is 1. The quantitative estimate of drug-likeness (QED) is 0.752. The van der Waals surface area contributed by atoms with Crippen LogP contribution in [0.4, 0.5) is 0 Å². The topological polar surface area (TPSA) is 46.2 Å². The van der Waals surface area contributed by atoms with Crippen LogP contribution in [0, 0.1) is 5.92 Å². The first-order valence-corrected chi connectivity index (χ1v) is 7.86. The fraction of sp³-hybridized carbons (Fsp3) is 1.00. The van der Waals surface area contributed by atoms with E-state index in [1.807, 2.05) is 0 Å². The molecule has 0 aromatic heterocycles. The molecule has 0 rings (SSSR count). The minimum absolute atomic E-state index is 0.256. The van der Waals surface area contributed by atoms with E-state index in [-0.39, 0.29) is 5.25 Å². The average molecular weight is 249 g/mol. The Morgan fingerprint density at radius 2 is 1.50 bits per heavy atom. The van der Waals surface area contributed by atoms with Gasteiger partial charge in [0, 0.05) is 12.1 Å². The summed E-state index contributed by atoms with van der Waals surface area (Å²) in [6.07, 6.45) is 0.737. The summed E-state index contributed by atoms with van der Waals surface area (Å²) >= 11 is 0. The first kappa shape index (κ1) is 15.9. The molecular weight excluding hydrogens is 222 g/mol. The van der Waals surface area contributed by atoms with Crippen LogP contribution in [-0.4, -0.2) is 31.5 Å². The van der Waals surface area contributed by atoms with Gasteiger partial charge in [-0.3, -0.25) is 0 Å². The van der Waals surface area contributed by atoms with Gasteiger partial charge in [-0.05, 0) is 33.1 Å². The lowest BCUT2D eigenvalue weighted by atomic mass is 10.0. The van der Waals surface area contributed by atoms with Gasteiger partial charge in [-0.1, -0.05) is 20.8 Å². The maximum Gasteiger partial charge on any atom is 0.152 e. The van der Waals surface area contributed by atoms with E-state index in [2.05, 4.69) is 33.0 Å². The Bertz CT molecular complexity index is 283. The Kier molecular flexibility index (Phi) is 6.56. The molecule has 0 aromatic rings. The van der Waals surface area contributed by atoms with Crippen LogP contribution < -0.4 is 5.32 Å². The van der Waals surface area contributed by atoms with Crippen molar-refractivity contribution in [3.63, 3.8) is 0 Å². The van der Waals surface area contributed by atoms with Gasteiger partial charge >= 0.3 is 0 Å². The molecular formula is C12H27NO2S. The molecule has 0 aliphatic rings. The summed E-state index contributed by atoms with van der Waals surface area (Å²) in [4.78, 5) is 0. The Labute approximate surface area is 101 Å². The molecule has 0 saturated carbocycles. The van der Waals surface area contributed by atoms with Gasteiger partial charge in [-0.25, -0.2) is 8.42 Å². The molecule has 0 radical (unpaired) electrons. The second kappa shape index (κ2) is 6.60. The van der Waals surface area contributed by atoms with E-state index < -0.39 is 9.84 Å². The van der Waals surface area contributed by atoms with Crippen LogP contribution in [0.1, 0.15) is 48.0 Å². The number of hydrogen-bond acceptors (Lipinski definition) is 3. The normalized spacial score (nSPS) is 16.8. The highest BCUT2D eigenvalue weighted by atomic mass is 32.2. The Hall–Kier alpha value is -0.0900. The SMILES string of the molecule is CC(C)NC(C)C(C)CCS(=O)(=O)C(C)C. The molecule has 2 unspecified atom stereocenters. The molecule has 2 atom stereocenters. The van der Waals surface area contributed by atoms with Crippen LogP contribution in [-0.2, 0) is 9.84 Å². The van der Waals surface area contributed by atoms with Gasteiger partial charge in [0.25, 0.3) is 0 Å². The second-order valence-electron chi connectivity index (χ2n) is 5.29. The van der Waals surface area contributed by atoms with Gasteiger partial charge < -0.3 is 5.32 Å². The van der Waals surface area contributed by atoms with Crippen LogP contribution in [0.5, 0.6) is 0 Å². The van der Waals surface area contributed by atoms with Gasteiger partial charge in [-0.2, -0.15) is 0 Å². The molecule has 16 heavy (non-hydrogen) atoms. The van der Waals surface area contributed by atoms with E-state index in [0.717, 1.165) is 6.42 Å². The highest BCUT2D eigenvalue weighted by molar-refractivity contribution is 7.91. The molecule has 0 bridgehead atoms. The number of rotatable bonds is 7. The standard InChI is InChI=1S/C12H27NO2S/c1-9(2)13-12(6)11(5)7-8-16(14,15)10(3)4/h9-13H,7-8H2,1-6H3. The minimum atomic E-state index is -2.88. The predicted molar refractivity (Wildman–Crippen MR) is 70.4 cm³/mol. The zero-order chi connectivity index (χ0) is 12.9. The Balaban J connectivity index is 4.12. The van der Waals surface area contributed by atoms with E-state index in [4.69, 9.17) is 0 Å². The van der Waals surface area contributed by atoms with Gasteiger partial charge in [0.15, 0.2) is 9.84 Å². The van der Waals surface area contributed by atoms with Crippen molar-refractivity contribution >= 4 is 9.84 Å². The fourth-order valence-corrected chi connectivity index (χ4v) is 2.70. The summed E-state index contributed by atoms with van der Waals surface area (Å²) < 4.78 is 23.3. The molecule has 3 nitrogen and oxygen atoms in total. The maximum absolute atomic E-state index is 11.7. The van der Waals surface area contributed by atoms with Crippen LogP contribution in [0.15, 0.2) is 0 Å². The Morgan fingerprint density at radius 3 is 1.88 bits per heavy atom. The van der Waals surface area contributed by atoms with Crippen LogP contribution in [0.3, 0.4) is 0 Å². The number of nitrogens with one attached hydrogen (secondary N) is 1. The van der Waals surface area contributed by atoms with E-state index in [0.29, 0.717) is 23.8 Å². The van der Waals surface area contributed by atoms with Gasteiger partial charge in [0.2, 0.25) is 0 Å². The minimum Gasteiger partial charge on any atom is -0.312 e. The lowest BCUT2D eigenvalue weighted by Crippen LogP contribution is -2.37. The largest absolute Gasteiger partial charge is 0.312 e. The van der Waals surface area contributed by atoms with Crippen molar-refractivity contribution in [1.29, 1.82) is 0 Å². The van der Waals surface area contributed by atoms with E-state index in [1.165, 1.54) is 0 Å². The summed E-state index contributed by atoms with van der Waals surface area (Å²) in [5, 5.41) is 3.16. The summed E-state index contributed by atoms with van der Waals surface area (Å²) in [7, 11) is -2.88. The third kappa shape index (κ3) is 5.85. The maximum atomic E-state index is 11.7. The van der Waals surface area contributed by atoms with Gasteiger partial charge in [0.1, 0.15) is 0 Å². The van der Waals surface area contributed by atoms with Crippen molar-refractivity contribution in [2.24, 2.45) is 5.92 Å². The van der Waals surface area contributed by atoms with Crippen LogP contribution in [0.2, 0.25) is 0 Å². The monoisotopic (exact) mass is 249 g/mol. The Morgan fingerprint density at radius 1 is 1.00 bits per heavy atom. The third-order valence-electron chi connectivity index (χ3n) is 3.03. The predicted octanol–water partition coefficient (Wildman–Crippen LogP) is 2.22. The zero-order valence-corrected chi connectivity index (χ0v) is 12.3. The first-order valence-electron chi connectivity index (χ1n) is 6.14. The number of hydrogen-bond donors (Lipinski definition) is 1. The van der Waals surface area contributed by atoms with Crippen LogP contribution in [0.25, 0.3) is 0 Å². The molecule has 0 aliphatic heterocycles. The third-order valence-corrected chi connectivity index (χ3v) is 5.27. The van der Waals surface area contributed by atoms with E-state index >= 15 is 0 Å². The molecule has 0 fully saturated rings. The molecule has 1 N–H and O–H groups in total.